The molecule has 0 aliphatic carbocycles. The van der Waals surface area contributed by atoms with Crippen molar-refractivity contribution in [2.75, 3.05) is 18.6 Å². The molecule has 1 saturated heterocycles. The molecule has 2 aliphatic rings. The Hall–Kier alpha value is -2.48. The molecule has 2 aromatic rings. The number of aromatic amines is 1. The first-order valence-corrected chi connectivity index (χ1v) is 8.32. The predicted octanol–water partition coefficient (Wildman–Crippen LogP) is 1.88. The van der Waals surface area contributed by atoms with Crippen molar-refractivity contribution in [3.63, 3.8) is 0 Å². The van der Waals surface area contributed by atoms with E-state index < -0.39 is 5.60 Å². The number of carbonyl (C=O) groups excluding carboxylic acids is 1. The van der Waals surface area contributed by atoms with E-state index in [1.165, 1.54) is 0 Å². The molecule has 0 unspecified atom stereocenters. The number of H-pyrrole nitrogens is 1. The number of ether oxygens (including phenoxy) is 2. The largest absolute Gasteiger partial charge is 0.451 e. The fourth-order valence-corrected chi connectivity index (χ4v) is 3.67. The number of anilines is 1. The monoisotopic (exact) mass is 343 g/mol. The Morgan fingerprint density at radius 1 is 1.44 bits per heavy atom. The van der Waals surface area contributed by atoms with Crippen LogP contribution in [0.2, 0.25) is 0 Å². The number of hydrogen-bond acceptors (Lipinski definition) is 7. The lowest BCUT2D eigenvalue weighted by atomic mass is 9.97. The fourth-order valence-electron chi connectivity index (χ4n) is 3.67. The second-order valence-corrected chi connectivity index (χ2v) is 7.00. The number of nitrogens with one attached hydrogen (secondary N) is 1. The molecule has 0 saturated carbocycles. The van der Waals surface area contributed by atoms with E-state index in [0.717, 1.165) is 17.8 Å². The highest BCUT2D eigenvalue weighted by atomic mass is 16.6. The molecule has 0 radical (unpaired) electrons. The fraction of sp³-hybridized carbons (Fsp3) is 0.529. The molecule has 8 heteroatoms. The minimum absolute atomic E-state index is 0.0203. The van der Waals surface area contributed by atoms with E-state index in [1.54, 1.807) is 13.3 Å². The summed E-state index contributed by atoms with van der Waals surface area (Å²) in [6.45, 7) is 6.25. The molecule has 2 atom stereocenters. The van der Waals surface area contributed by atoms with Gasteiger partial charge in [0.2, 0.25) is 0 Å². The molecule has 0 spiro atoms. The van der Waals surface area contributed by atoms with Gasteiger partial charge in [-0.05, 0) is 26.8 Å². The summed E-state index contributed by atoms with van der Waals surface area (Å²) in [5.74, 6) is 1.71. The van der Waals surface area contributed by atoms with Crippen molar-refractivity contribution in [3.05, 3.63) is 35.0 Å². The molecule has 4 rings (SSSR count). The Labute approximate surface area is 145 Å². The Morgan fingerprint density at radius 3 is 2.92 bits per heavy atom. The van der Waals surface area contributed by atoms with Crippen LogP contribution in [0.1, 0.15) is 53.9 Å². The van der Waals surface area contributed by atoms with Gasteiger partial charge in [-0.3, -0.25) is 5.10 Å². The molecule has 132 valence electrons. The van der Waals surface area contributed by atoms with Crippen molar-refractivity contribution >= 4 is 11.8 Å². The van der Waals surface area contributed by atoms with Gasteiger partial charge in [-0.15, -0.1) is 0 Å². The average molecular weight is 343 g/mol. The van der Waals surface area contributed by atoms with Gasteiger partial charge in [0.05, 0.1) is 12.1 Å². The number of cyclic esters (lactones) is 1. The number of carbonyl (C=O) groups is 1. The summed E-state index contributed by atoms with van der Waals surface area (Å²) in [5.41, 5.74) is 0.732. The molecule has 8 nitrogen and oxygen atoms in total. The van der Waals surface area contributed by atoms with Gasteiger partial charge in [0.15, 0.2) is 5.82 Å². The first kappa shape index (κ1) is 16.0. The third kappa shape index (κ3) is 2.48. The molecule has 25 heavy (non-hydrogen) atoms. The topological polar surface area (TPSA) is 93.2 Å². The minimum Gasteiger partial charge on any atom is -0.451 e. The van der Waals surface area contributed by atoms with Crippen molar-refractivity contribution in [3.8, 4) is 0 Å². The number of rotatable bonds is 3. The SMILES string of the molecule is CO[C@@H]1C[C@@H](c2n[nH]c(C)n2)N(c2nccc3c2C(=O)OC3(C)C)C1. The van der Waals surface area contributed by atoms with Gasteiger partial charge in [-0.25, -0.2) is 14.8 Å². The van der Waals surface area contributed by atoms with Crippen LogP contribution in [0.3, 0.4) is 0 Å². The molecule has 4 heterocycles. The highest BCUT2D eigenvalue weighted by Crippen LogP contribution is 2.43. The zero-order valence-corrected chi connectivity index (χ0v) is 14.7. The van der Waals surface area contributed by atoms with Crippen molar-refractivity contribution in [2.45, 2.75) is 44.9 Å². The number of aryl methyl sites for hydroxylation is 1. The van der Waals surface area contributed by atoms with E-state index >= 15 is 0 Å². The van der Waals surface area contributed by atoms with Gasteiger partial charge in [-0.2, -0.15) is 5.10 Å². The quantitative estimate of drug-likeness (QED) is 0.851. The van der Waals surface area contributed by atoms with E-state index in [9.17, 15) is 4.79 Å². The Kier molecular flexibility index (Phi) is 3.54. The summed E-state index contributed by atoms with van der Waals surface area (Å²) in [6, 6.07) is 1.74. The summed E-state index contributed by atoms with van der Waals surface area (Å²) in [5, 5.41) is 7.19. The molecule has 0 bridgehead atoms. The third-order valence-corrected chi connectivity index (χ3v) is 4.91. The van der Waals surface area contributed by atoms with Gasteiger partial charge < -0.3 is 14.4 Å². The summed E-state index contributed by atoms with van der Waals surface area (Å²) >= 11 is 0. The van der Waals surface area contributed by atoms with Crippen molar-refractivity contribution in [2.24, 2.45) is 0 Å². The molecule has 1 fully saturated rings. The number of aromatic nitrogens is 4. The Balaban J connectivity index is 1.80. The second-order valence-electron chi connectivity index (χ2n) is 7.00. The zero-order chi connectivity index (χ0) is 17.8. The smallest absolute Gasteiger partial charge is 0.343 e. The molecular weight excluding hydrogens is 322 g/mol. The van der Waals surface area contributed by atoms with Crippen LogP contribution in [-0.4, -0.2) is 45.9 Å². The second kappa shape index (κ2) is 5.52. The standard InChI is InChI=1S/C17H21N5O3/c1-9-19-14(21-20-9)12-7-10(24-4)8-22(12)15-13-11(5-6-18-15)17(2,3)25-16(13)23/h5-6,10,12H,7-8H2,1-4H3,(H,19,20,21)/t10-,12+/m1/s1. The number of hydrogen-bond donors (Lipinski definition) is 1. The van der Waals surface area contributed by atoms with E-state index in [-0.39, 0.29) is 18.1 Å². The van der Waals surface area contributed by atoms with E-state index in [2.05, 4.69) is 25.1 Å². The lowest BCUT2D eigenvalue weighted by Crippen LogP contribution is -2.28. The summed E-state index contributed by atoms with van der Waals surface area (Å²) in [7, 11) is 1.69. The zero-order valence-electron chi connectivity index (χ0n) is 14.7. The van der Waals surface area contributed by atoms with Crippen LogP contribution < -0.4 is 4.90 Å². The Bertz CT molecular complexity index is 831. The number of pyridine rings is 1. The maximum atomic E-state index is 12.5. The van der Waals surface area contributed by atoms with Gasteiger partial charge in [0.1, 0.15) is 22.8 Å². The first-order valence-electron chi connectivity index (χ1n) is 8.32. The van der Waals surface area contributed by atoms with Crippen LogP contribution in [-0.2, 0) is 15.1 Å². The van der Waals surface area contributed by atoms with Crippen LogP contribution in [0.4, 0.5) is 5.82 Å². The van der Waals surface area contributed by atoms with Crippen molar-refractivity contribution < 1.29 is 14.3 Å². The average Bonchev–Trinajstić information content (AvgIpc) is 3.24. The lowest BCUT2D eigenvalue weighted by Gasteiger charge is -2.25. The van der Waals surface area contributed by atoms with E-state index in [1.807, 2.05) is 26.8 Å². The normalized spacial score (nSPS) is 24.5. The Morgan fingerprint density at radius 2 is 2.24 bits per heavy atom. The van der Waals surface area contributed by atoms with Gasteiger partial charge in [-0.1, -0.05) is 0 Å². The lowest BCUT2D eigenvalue weighted by molar-refractivity contribution is 0.00956. The van der Waals surface area contributed by atoms with E-state index in [4.69, 9.17) is 9.47 Å². The summed E-state index contributed by atoms with van der Waals surface area (Å²) < 4.78 is 11.1. The molecule has 1 N–H and O–H groups in total. The molecule has 2 aromatic heterocycles. The van der Waals surface area contributed by atoms with Gasteiger partial charge >= 0.3 is 5.97 Å². The third-order valence-electron chi connectivity index (χ3n) is 4.91. The van der Waals surface area contributed by atoms with Crippen LogP contribution in [0.15, 0.2) is 12.3 Å². The van der Waals surface area contributed by atoms with Crippen LogP contribution >= 0.6 is 0 Å². The minimum atomic E-state index is -0.652. The molecule has 0 aromatic carbocycles. The van der Waals surface area contributed by atoms with Crippen molar-refractivity contribution in [1.29, 1.82) is 0 Å². The van der Waals surface area contributed by atoms with Gasteiger partial charge in [0, 0.05) is 31.8 Å². The van der Waals surface area contributed by atoms with Crippen LogP contribution in [0.25, 0.3) is 0 Å². The van der Waals surface area contributed by atoms with Crippen LogP contribution in [0, 0.1) is 6.92 Å². The molecular formula is C17H21N5O3. The maximum absolute atomic E-state index is 12.5. The molecule has 2 aliphatic heterocycles. The predicted molar refractivity (Wildman–Crippen MR) is 89.3 cm³/mol. The highest BCUT2D eigenvalue weighted by molar-refractivity contribution is 5.99. The number of nitrogens with zero attached hydrogens (tertiary/aromatic N) is 4. The van der Waals surface area contributed by atoms with Gasteiger partial charge in [0.25, 0.3) is 0 Å². The number of fused-ring (bicyclic) bond motifs is 1. The van der Waals surface area contributed by atoms with Crippen LogP contribution in [0.5, 0.6) is 0 Å². The number of methoxy groups -OCH3 is 1. The summed E-state index contributed by atoms with van der Waals surface area (Å²) in [4.78, 5) is 23.5. The first-order chi connectivity index (χ1) is 11.9. The molecule has 0 amide bonds. The summed E-state index contributed by atoms with van der Waals surface area (Å²) in [6.07, 6.45) is 2.47. The number of esters is 1. The highest BCUT2D eigenvalue weighted by Gasteiger charge is 2.44. The van der Waals surface area contributed by atoms with Crippen molar-refractivity contribution in [1.82, 2.24) is 20.2 Å². The maximum Gasteiger partial charge on any atom is 0.343 e. The van der Waals surface area contributed by atoms with E-state index in [0.29, 0.717) is 23.8 Å².